The smallest absolute Gasteiger partial charge is 0.407 e. The van der Waals surface area contributed by atoms with Crippen LogP contribution in [0.5, 0.6) is 0 Å². The Balaban J connectivity index is 1.96. The third-order valence-electron chi connectivity index (χ3n) is 3.61. The van der Waals surface area contributed by atoms with Crippen LogP contribution in [0.25, 0.3) is 0 Å². The molecule has 1 aliphatic heterocycles. The lowest BCUT2D eigenvalue weighted by Gasteiger charge is -2.19. The van der Waals surface area contributed by atoms with Crippen molar-refractivity contribution < 1.29 is 28.6 Å². The Labute approximate surface area is 165 Å². The maximum absolute atomic E-state index is 11.9. The number of alkyl carbamates (subject to hydrolysis) is 1. The molecule has 0 spiro atoms. The van der Waals surface area contributed by atoms with Gasteiger partial charge in [-0.3, -0.25) is 9.59 Å². The number of likely N-dealkylation sites (tertiary alicyclic amines) is 1. The van der Waals surface area contributed by atoms with Crippen LogP contribution in [0.4, 0.5) is 4.79 Å². The van der Waals surface area contributed by atoms with Crippen molar-refractivity contribution in [2.45, 2.75) is 39.7 Å². The molecule has 0 aromatic heterocycles. The van der Waals surface area contributed by atoms with Crippen LogP contribution in [0.1, 0.15) is 34.1 Å². The van der Waals surface area contributed by atoms with E-state index in [4.69, 9.17) is 14.2 Å². The average Bonchev–Trinajstić information content (AvgIpc) is 2.89. The Bertz CT molecular complexity index is 495. The molecule has 1 fully saturated rings. The van der Waals surface area contributed by atoms with E-state index >= 15 is 0 Å². The van der Waals surface area contributed by atoms with Gasteiger partial charge in [-0.25, -0.2) is 4.79 Å². The van der Waals surface area contributed by atoms with Gasteiger partial charge in [-0.15, -0.1) is 0 Å². The second kappa shape index (κ2) is 12.2. The lowest BCUT2D eigenvalue weighted by Crippen LogP contribution is -2.34. The third kappa shape index (κ3) is 11.9. The van der Waals surface area contributed by atoms with E-state index in [1.54, 1.807) is 32.6 Å². The highest BCUT2D eigenvalue weighted by Gasteiger charge is 2.29. The predicted molar refractivity (Wildman–Crippen MR) is 104 cm³/mol. The summed E-state index contributed by atoms with van der Waals surface area (Å²) in [5, 5.41) is 2.70. The molecule has 2 amide bonds. The third-order valence-corrected chi connectivity index (χ3v) is 4.65. The highest BCUT2D eigenvalue weighted by atomic mass is 32.2. The number of carbonyl (C=O) groups is 3. The lowest BCUT2D eigenvalue weighted by molar-refractivity contribution is -0.128. The Morgan fingerprint density at radius 1 is 1.19 bits per heavy atom. The van der Waals surface area contributed by atoms with Gasteiger partial charge in [0.15, 0.2) is 5.12 Å². The number of carbonyl (C=O) groups excluding carboxylic acids is 3. The van der Waals surface area contributed by atoms with Crippen LogP contribution in [0, 0.1) is 5.92 Å². The first-order chi connectivity index (χ1) is 12.7. The van der Waals surface area contributed by atoms with Gasteiger partial charge in [-0.1, -0.05) is 11.8 Å². The molecular weight excluding hydrogens is 372 g/mol. The second-order valence-corrected chi connectivity index (χ2v) is 8.56. The molecule has 1 unspecified atom stereocenters. The van der Waals surface area contributed by atoms with Crippen molar-refractivity contribution in [1.29, 1.82) is 0 Å². The van der Waals surface area contributed by atoms with Gasteiger partial charge in [0.2, 0.25) is 5.91 Å². The monoisotopic (exact) mass is 404 g/mol. The zero-order chi connectivity index (χ0) is 20.3. The van der Waals surface area contributed by atoms with Gasteiger partial charge >= 0.3 is 6.09 Å². The van der Waals surface area contributed by atoms with E-state index in [-0.39, 0.29) is 16.9 Å². The van der Waals surface area contributed by atoms with Gasteiger partial charge in [0.05, 0.1) is 26.4 Å². The standard InChI is InChI=1S/C18H32N2O6S/c1-14(21)27-13-15-11-16(22)20(12-15)6-8-25-10-9-24-7-5-19-17(23)26-18(2,3)4/h15H,5-13H2,1-4H3,(H,19,23). The summed E-state index contributed by atoms with van der Waals surface area (Å²) in [5.74, 6) is 1.06. The zero-order valence-electron chi connectivity index (χ0n) is 16.7. The Morgan fingerprint density at radius 3 is 2.48 bits per heavy atom. The number of ether oxygens (including phenoxy) is 3. The van der Waals surface area contributed by atoms with Crippen LogP contribution < -0.4 is 5.32 Å². The number of amides is 2. The summed E-state index contributed by atoms with van der Waals surface area (Å²) >= 11 is 1.28. The minimum Gasteiger partial charge on any atom is -0.444 e. The van der Waals surface area contributed by atoms with Gasteiger partial charge in [0.1, 0.15) is 5.60 Å². The summed E-state index contributed by atoms with van der Waals surface area (Å²) in [6.45, 7) is 10.3. The number of hydrogen-bond donors (Lipinski definition) is 1. The van der Waals surface area contributed by atoms with E-state index < -0.39 is 11.7 Å². The molecule has 1 aliphatic rings. The molecule has 9 heteroatoms. The molecule has 156 valence electrons. The van der Waals surface area contributed by atoms with Crippen molar-refractivity contribution in [3.63, 3.8) is 0 Å². The lowest BCUT2D eigenvalue weighted by atomic mass is 10.1. The van der Waals surface area contributed by atoms with Crippen LogP contribution in [0.3, 0.4) is 0 Å². The average molecular weight is 405 g/mol. The molecule has 0 aromatic rings. The quantitative estimate of drug-likeness (QED) is 0.524. The summed E-state index contributed by atoms with van der Waals surface area (Å²) in [5.41, 5.74) is -0.512. The maximum atomic E-state index is 11.9. The highest BCUT2D eigenvalue weighted by Crippen LogP contribution is 2.21. The van der Waals surface area contributed by atoms with E-state index in [2.05, 4.69) is 5.32 Å². The van der Waals surface area contributed by atoms with Crippen molar-refractivity contribution in [2.75, 3.05) is 51.8 Å². The number of rotatable bonds is 11. The number of nitrogens with one attached hydrogen (secondary N) is 1. The normalized spacial score (nSPS) is 17.3. The van der Waals surface area contributed by atoms with Crippen molar-refractivity contribution in [3.8, 4) is 0 Å². The largest absolute Gasteiger partial charge is 0.444 e. The number of hydrogen-bond acceptors (Lipinski definition) is 7. The molecule has 1 atom stereocenters. The topological polar surface area (TPSA) is 94.2 Å². The fourth-order valence-corrected chi connectivity index (χ4v) is 3.15. The van der Waals surface area contributed by atoms with Gasteiger partial charge in [-0.2, -0.15) is 0 Å². The zero-order valence-corrected chi connectivity index (χ0v) is 17.6. The molecule has 1 heterocycles. The van der Waals surface area contributed by atoms with Gasteiger partial charge in [0.25, 0.3) is 0 Å². The molecule has 27 heavy (non-hydrogen) atoms. The van der Waals surface area contributed by atoms with Crippen LogP contribution in [-0.2, 0) is 23.8 Å². The number of thioether (sulfide) groups is 1. The molecule has 1 N–H and O–H groups in total. The number of nitrogens with zero attached hydrogens (tertiary/aromatic N) is 1. The molecule has 8 nitrogen and oxygen atoms in total. The van der Waals surface area contributed by atoms with Crippen LogP contribution in [-0.4, -0.2) is 79.4 Å². The van der Waals surface area contributed by atoms with Crippen molar-refractivity contribution in [2.24, 2.45) is 5.92 Å². The van der Waals surface area contributed by atoms with Crippen molar-refractivity contribution in [1.82, 2.24) is 10.2 Å². The molecule has 1 rings (SSSR count). The van der Waals surface area contributed by atoms with E-state index in [1.165, 1.54) is 11.8 Å². The minimum atomic E-state index is -0.512. The first-order valence-electron chi connectivity index (χ1n) is 9.21. The summed E-state index contributed by atoms with van der Waals surface area (Å²) in [6, 6.07) is 0. The molecular formula is C18H32N2O6S. The van der Waals surface area contributed by atoms with Gasteiger partial charge < -0.3 is 24.4 Å². The Morgan fingerprint density at radius 2 is 1.85 bits per heavy atom. The second-order valence-electron chi connectivity index (χ2n) is 7.37. The SMILES string of the molecule is CC(=O)SCC1CC(=O)N(CCOCCOCCNC(=O)OC(C)(C)C)C1. The van der Waals surface area contributed by atoms with E-state index in [1.807, 2.05) is 0 Å². The fourth-order valence-electron chi connectivity index (χ4n) is 2.45. The van der Waals surface area contributed by atoms with Crippen LogP contribution >= 0.6 is 11.8 Å². The Hall–Kier alpha value is -1.32. The maximum Gasteiger partial charge on any atom is 0.407 e. The first-order valence-corrected chi connectivity index (χ1v) is 10.2. The van der Waals surface area contributed by atoms with Crippen LogP contribution in [0.15, 0.2) is 0 Å². The predicted octanol–water partition coefficient (Wildman–Crippen LogP) is 1.67. The summed E-state index contributed by atoms with van der Waals surface area (Å²) in [6.07, 6.45) is 0.0475. The van der Waals surface area contributed by atoms with Gasteiger partial charge in [-0.05, 0) is 26.7 Å². The minimum absolute atomic E-state index is 0.0885. The van der Waals surface area contributed by atoms with E-state index in [0.717, 1.165) is 0 Å². The van der Waals surface area contributed by atoms with E-state index in [9.17, 15) is 14.4 Å². The molecule has 0 aromatic carbocycles. The molecule has 0 radical (unpaired) electrons. The first kappa shape index (κ1) is 23.7. The van der Waals surface area contributed by atoms with Crippen molar-refractivity contribution >= 4 is 28.9 Å². The molecule has 0 aliphatic carbocycles. The molecule has 0 bridgehead atoms. The summed E-state index contributed by atoms with van der Waals surface area (Å²) in [7, 11) is 0. The summed E-state index contributed by atoms with van der Waals surface area (Å²) < 4.78 is 16.0. The van der Waals surface area contributed by atoms with Crippen LogP contribution in [0.2, 0.25) is 0 Å². The summed E-state index contributed by atoms with van der Waals surface area (Å²) in [4.78, 5) is 36.1. The fraction of sp³-hybridized carbons (Fsp3) is 0.833. The Kier molecular flexibility index (Phi) is 10.7. The molecule has 1 saturated heterocycles. The van der Waals surface area contributed by atoms with E-state index in [0.29, 0.717) is 58.2 Å². The van der Waals surface area contributed by atoms with Crippen molar-refractivity contribution in [3.05, 3.63) is 0 Å². The highest BCUT2D eigenvalue weighted by molar-refractivity contribution is 8.13. The molecule has 0 saturated carbocycles. The van der Waals surface area contributed by atoms with Gasteiger partial charge in [0, 0.05) is 38.7 Å².